The minimum Gasteiger partial charge on any atom is -0.424 e. The zero-order valence-corrected chi connectivity index (χ0v) is 13.5. The number of hydrogen-bond acceptors (Lipinski definition) is 5. The van der Waals surface area contributed by atoms with Gasteiger partial charge in [0.15, 0.2) is 0 Å². The molecule has 1 fully saturated rings. The molecule has 0 saturated heterocycles. The average Bonchev–Trinajstić information content (AvgIpc) is 3.15. The van der Waals surface area contributed by atoms with Crippen LogP contribution in [0.3, 0.4) is 0 Å². The van der Waals surface area contributed by atoms with Gasteiger partial charge in [-0.3, -0.25) is 4.90 Å². The molecular formula is C16H23N5O. The van der Waals surface area contributed by atoms with Crippen LogP contribution >= 0.6 is 0 Å². The van der Waals surface area contributed by atoms with Crippen molar-refractivity contribution in [1.29, 1.82) is 0 Å². The highest BCUT2D eigenvalue weighted by Crippen LogP contribution is 2.39. The van der Waals surface area contributed by atoms with Gasteiger partial charge in [-0.1, -0.05) is 13.8 Å². The first-order chi connectivity index (χ1) is 10.6. The lowest BCUT2D eigenvalue weighted by atomic mass is 10.1. The van der Waals surface area contributed by atoms with Gasteiger partial charge in [0.25, 0.3) is 0 Å². The quantitative estimate of drug-likeness (QED) is 0.867. The van der Waals surface area contributed by atoms with E-state index >= 15 is 0 Å². The number of nitrogens with zero attached hydrogens (tertiary/aromatic N) is 5. The van der Waals surface area contributed by atoms with Gasteiger partial charge in [-0.2, -0.15) is 0 Å². The van der Waals surface area contributed by atoms with E-state index in [4.69, 9.17) is 9.40 Å². The monoisotopic (exact) mass is 301 g/mol. The SMILES string of the molecule is CC(C)c1nc2c(n1C)CCN(Cc1nnc(C3CC3)o1)C2. The van der Waals surface area contributed by atoms with Crippen molar-refractivity contribution in [1.82, 2.24) is 24.6 Å². The van der Waals surface area contributed by atoms with Gasteiger partial charge in [0.2, 0.25) is 11.8 Å². The molecule has 3 heterocycles. The highest BCUT2D eigenvalue weighted by molar-refractivity contribution is 5.21. The molecule has 0 bridgehead atoms. The predicted molar refractivity (Wildman–Crippen MR) is 81.4 cm³/mol. The van der Waals surface area contributed by atoms with E-state index in [1.54, 1.807) is 0 Å². The highest BCUT2D eigenvalue weighted by atomic mass is 16.4. The minimum absolute atomic E-state index is 0.459. The molecule has 0 aromatic carbocycles. The third-order valence-corrected chi connectivity index (χ3v) is 4.65. The lowest BCUT2D eigenvalue weighted by Crippen LogP contribution is -2.30. The van der Waals surface area contributed by atoms with Crippen LogP contribution in [0.4, 0.5) is 0 Å². The van der Waals surface area contributed by atoms with Gasteiger partial charge >= 0.3 is 0 Å². The Morgan fingerprint density at radius 1 is 1.27 bits per heavy atom. The van der Waals surface area contributed by atoms with E-state index in [1.807, 2.05) is 0 Å². The molecule has 0 unspecified atom stereocenters. The van der Waals surface area contributed by atoms with Gasteiger partial charge in [0, 0.05) is 44.1 Å². The Labute approximate surface area is 130 Å². The summed E-state index contributed by atoms with van der Waals surface area (Å²) in [6.07, 6.45) is 3.43. The second-order valence-electron chi connectivity index (χ2n) is 6.85. The van der Waals surface area contributed by atoms with Crippen LogP contribution in [0, 0.1) is 0 Å². The molecule has 0 amide bonds. The van der Waals surface area contributed by atoms with Gasteiger partial charge in [-0.05, 0) is 12.8 Å². The van der Waals surface area contributed by atoms with E-state index in [2.05, 4.69) is 40.6 Å². The van der Waals surface area contributed by atoms with Crippen LogP contribution in [-0.2, 0) is 26.6 Å². The summed E-state index contributed by atoms with van der Waals surface area (Å²) in [6.45, 7) is 7.02. The second kappa shape index (κ2) is 5.19. The normalized spacial score (nSPS) is 18.9. The Kier molecular flexibility index (Phi) is 3.29. The third-order valence-electron chi connectivity index (χ3n) is 4.65. The van der Waals surface area contributed by atoms with Gasteiger partial charge in [0.05, 0.1) is 12.2 Å². The molecular weight excluding hydrogens is 278 g/mol. The van der Waals surface area contributed by atoms with E-state index < -0.39 is 0 Å². The molecule has 1 aliphatic carbocycles. The minimum atomic E-state index is 0.459. The molecule has 0 N–H and O–H groups in total. The molecule has 0 radical (unpaired) electrons. The van der Waals surface area contributed by atoms with E-state index in [1.165, 1.54) is 30.1 Å². The molecule has 0 spiro atoms. The summed E-state index contributed by atoms with van der Waals surface area (Å²) in [5, 5.41) is 8.36. The molecule has 2 aromatic heterocycles. The largest absolute Gasteiger partial charge is 0.424 e. The molecule has 1 aliphatic heterocycles. The number of hydrogen-bond donors (Lipinski definition) is 0. The first-order valence-corrected chi connectivity index (χ1v) is 8.20. The number of rotatable bonds is 4. The molecule has 22 heavy (non-hydrogen) atoms. The first kappa shape index (κ1) is 13.9. The van der Waals surface area contributed by atoms with Crippen molar-refractivity contribution in [3.8, 4) is 0 Å². The van der Waals surface area contributed by atoms with Crippen LogP contribution in [0.25, 0.3) is 0 Å². The van der Waals surface area contributed by atoms with E-state index in [0.29, 0.717) is 11.8 Å². The van der Waals surface area contributed by atoms with Crippen molar-refractivity contribution >= 4 is 0 Å². The smallest absolute Gasteiger partial charge is 0.230 e. The Morgan fingerprint density at radius 3 is 2.82 bits per heavy atom. The molecule has 118 valence electrons. The fraction of sp³-hybridized carbons (Fsp3) is 0.688. The van der Waals surface area contributed by atoms with Gasteiger partial charge < -0.3 is 8.98 Å². The second-order valence-corrected chi connectivity index (χ2v) is 6.85. The molecule has 6 heteroatoms. The van der Waals surface area contributed by atoms with Crippen LogP contribution in [0.2, 0.25) is 0 Å². The zero-order valence-electron chi connectivity index (χ0n) is 13.5. The first-order valence-electron chi connectivity index (χ1n) is 8.20. The topological polar surface area (TPSA) is 60.0 Å². The van der Waals surface area contributed by atoms with Crippen molar-refractivity contribution in [2.45, 2.75) is 58.0 Å². The fourth-order valence-corrected chi connectivity index (χ4v) is 3.27. The van der Waals surface area contributed by atoms with Gasteiger partial charge in [-0.15, -0.1) is 10.2 Å². The number of imidazole rings is 1. The van der Waals surface area contributed by atoms with Crippen LogP contribution in [0.5, 0.6) is 0 Å². The van der Waals surface area contributed by atoms with Crippen molar-refractivity contribution in [3.05, 3.63) is 29.0 Å². The lowest BCUT2D eigenvalue weighted by Gasteiger charge is -2.25. The van der Waals surface area contributed by atoms with Gasteiger partial charge in [-0.25, -0.2) is 4.98 Å². The summed E-state index contributed by atoms with van der Waals surface area (Å²) < 4.78 is 8.05. The highest BCUT2D eigenvalue weighted by Gasteiger charge is 2.30. The Morgan fingerprint density at radius 2 is 2.09 bits per heavy atom. The van der Waals surface area contributed by atoms with Crippen molar-refractivity contribution in [3.63, 3.8) is 0 Å². The van der Waals surface area contributed by atoms with E-state index in [-0.39, 0.29) is 0 Å². The average molecular weight is 301 g/mol. The molecule has 4 rings (SSSR count). The third kappa shape index (κ3) is 2.45. The van der Waals surface area contributed by atoms with Crippen molar-refractivity contribution in [2.75, 3.05) is 6.54 Å². The maximum atomic E-state index is 5.78. The Bertz CT molecular complexity index is 683. The van der Waals surface area contributed by atoms with Crippen LogP contribution in [0.15, 0.2) is 4.42 Å². The maximum Gasteiger partial charge on any atom is 0.230 e. The molecule has 1 saturated carbocycles. The summed E-state index contributed by atoms with van der Waals surface area (Å²) in [4.78, 5) is 7.19. The zero-order chi connectivity index (χ0) is 15.3. The molecule has 2 aromatic rings. The van der Waals surface area contributed by atoms with Crippen molar-refractivity contribution < 1.29 is 4.42 Å². The Hall–Kier alpha value is -1.69. The molecule has 2 aliphatic rings. The van der Waals surface area contributed by atoms with Crippen LogP contribution < -0.4 is 0 Å². The summed E-state index contributed by atoms with van der Waals surface area (Å²) in [7, 11) is 2.14. The summed E-state index contributed by atoms with van der Waals surface area (Å²) in [5.74, 6) is 3.73. The van der Waals surface area contributed by atoms with E-state index in [0.717, 1.165) is 37.8 Å². The van der Waals surface area contributed by atoms with Gasteiger partial charge in [0.1, 0.15) is 5.82 Å². The summed E-state index contributed by atoms with van der Waals surface area (Å²) >= 11 is 0. The summed E-state index contributed by atoms with van der Waals surface area (Å²) in [5.41, 5.74) is 2.59. The van der Waals surface area contributed by atoms with Crippen molar-refractivity contribution in [2.24, 2.45) is 7.05 Å². The summed E-state index contributed by atoms with van der Waals surface area (Å²) in [6, 6.07) is 0. The predicted octanol–water partition coefficient (Wildman–Crippen LogP) is 2.36. The maximum absolute atomic E-state index is 5.78. The number of aromatic nitrogens is 4. The molecule has 6 nitrogen and oxygen atoms in total. The van der Waals surface area contributed by atoms with Crippen LogP contribution in [-0.4, -0.2) is 31.2 Å². The molecule has 0 atom stereocenters. The van der Waals surface area contributed by atoms with E-state index in [9.17, 15) is 0 Å². The fourth-order valence-electron chi connectivity index (χ4n) is 3.27. The number of fused-ring (bicyclic) bond motifs is 1. The standard InChI is InChI=1S/C16H23N5O/c1-10(2)15-17-12-8-21(7-6-13(12)20(15)3)9-14-18-19-16(22-14)11-4-5-11/h10-11H,4-9H2,1-3H3. The van der Waals surface area contributed by atoms with Crippen LogP contribution in [0.1, 0.15) is 67.5 Å². The lowest BCUT2D eigenvalue weighted by molar-refractivity contribution is 0.215. The Balaban J connectivity index is 1.48.